The van der Waals surface area contributed by atoms with Crippen LogP contribution in [0.5, 0.6) is 0 Å². The van der Waals surface area contributed by atoms with Gasteiger partial charge in [0.15, 0.2) is 0 Å². The van der Waals surface area contributed by atoms with Crippen LogP contribution in [0.1, 0.15) is 12.0 Å². The highest BCUT2D eigenvalue weighted by Crippen LogP contribution is 2.19. The number of amides is 3. The van der Waals surface area contributed by atoms with E-state index < -0.39 is 6.03 Å². The van der Waals surface area contributed by atoms with Crippen LogP contribution in [0.2, 0.25) is 0 Å². The molecule has 1 aliphatic rings. The first-order chi connectivity index (χ1) is 8.61. The molecule has 0 radical (unpaired) electrons. The molecule has 5 heteroatoms. The predicted molar refractivity (Wildman–Crippen MR) is 67.5 cm³/mol. The van der Waals surface area contributed by atoms with E-state index in [2.05, 4.69) is 5.32 Å². The third-order valence-corrected chi connectivity index (χ3v) is 2.93. The highest BCUT2D eigenvalue weighted by atomic mass is 16.5. The number of urea groups is 1. The molecule has 0 aliphatic carbocycles. The number of hydrogen-bond donors (Lipinski definition) is 1. The summed E-state index contributed by atoms with van der Waals surface area (Å²) in [5, 5.41) is 2.69. The number of carbonyl (C=O) groups is 2. The highest BCUT2D eigenvalue weighted by Gasteiger charge is 2.30. The Morgan fingerprint density at radius 3 is 2.83 bits per heavy atom. The monoisotopic (exact) mass is 248 g/mol. The molecule has 18 heavy (non-hydrogen) atoms. The fraction of sp³-hybridized carbons (Fsp3) is 0.385. The Labute approximate surface area is 106 Å². The molecule has 1 heterocycles. The van der Waals surface area contributed by atoms with Gasteiger partial charge in [-0.3, -0.25) is 4.79 Å². The van der Waals surface area contributed by atoms with Crippen LogP contribution >= 0.6 is 0 Å². The van der Waals surface area contributed by atoms with Gasteiger partial charge in [0.05, 0.1) is 18.2 Å². The Kier molecular flexibility index (Phi) is 3.62. The van der Waals surface area contributed by atoms with Crippen LogP contribution in [-0.4, -0.2) is 31.7 Å². The average molecular weight is 248 g/mol. The summed E-state index contributed by atoms with van der Waals surface area (Å²) >= 11 is 0. The fourth-order valence-corrected chi connectivity index (χ4v) is 1.95. The molecule has 1 saturated heterocycles. The van der Waals surface area contributed by atoms with Crippen molar-refractivity contribution in [3.63, 3.8) is 0 Å². The van der Waals surface area contributed by atoms with Crippen LogP contribution in [0, 0.1) is 6.92 Å². The molecule has 0 aromatic heterocycles. The van der Waals surface area contributed by atoms with Gasteiger partial charge in [-0.1, -0.05) is 12.1 Å². The van der Waals surface area contributed by atoms with Crippen molar-refractivity contribution in [1.29, 1.82) is 0 Å². The van der Waals surface area contributed by atoms with E-state index in [9.17, 15) is 9.59 Å². The quantitative estimate of drug-likeness (QED) is 0.862. The Balaban J connectivity index is 2.30. The van der Waals surface area contributed by atoms with E-state index in [1.165, 1.54) is 12.0 Å². The summed E-state index contributed by atoms with van der Waals surface area (Å²) in [5.74, 6) is -0.248. The number of ether oxygens (including phenoxy) is 1. The van der Waals surface area contributed by atoms with Crippen LogP contribution in [0.25, 0.3) is 0 Å². The van der Waals surface area contributed by atoms with Crippen molar-refractivity contribution < 1.29 is 14.3 Å². The zero-order chi connectivity index (χ0) is 13.1. The summed E-state index contributed by atoms with van der Waals surface area (Å²) in [5.41, 5.74) is 1.59. The average Bonchev–Trinajstić information content (AvgIpc) is 2.48. The van der Waals surface area contributed by atoms with Gasteiger partial charge in [-0.2, -0.15) is 0 Å². The molecule has 1 atom stereocenters. The second kappa shape index (κ2) is 5.18. The standard InChI is InChI=1S/C13H16N2O3/c1-9-4-3-5-10(6-9)15-12(16)7-11(18-2)8-14-13(15)17/h3-6,11H,7-8H2,1-2H3,(H,14,17). The van der Waals surface area contributed by atoms with Crippen LogP contribution in [-0.2, 0) is 9.53 Å². The summed E-state index contributed by atoms with van der Waals surface area (Å²) in [4.78, 5) is 25.2. The molecule has 1 N–H and O–H groups in total. The van der Waals surface area contributed by atoms with Crippen LogP contribution in [0.3, 0.4) is 0 Å². The number of aryl methyl sites for hydroxylation is 1. The minimum Gasteiger partial charge on any atom is -0.379 e. The van der Waals surface area contributed by atoms with Crippen molar-refractivity contribution >= 4 is 17.6 Å². The maximum Gasteiger partial charge on any atom is 0.328 e. The Bertz CT molecular complexity index is 473. The van der Waals surface area contributed by atoms with E-state index >= 15 is 0 Å². The van der Waals surface area contributed by atoms with Gasteiger partial charge in [-0.05, 0) is 24.6 Å². The third kappa shape index (κ3) is 2.51. The fourth-order valence-electron chi connectivity index (χ4n) is 1.95. The first-order valence-electron chi connectivity index (χ1n) is 5.82. The van der Waals surface area contributed by atoms with Gasteiger partial charge in [0.2, 0.25) is 5.91 Å². The van der Waals surface area contributed by atoms with Crippen molar-refractivity contribution in [2.24, 2.45) is 0 Å². The number of rotatable bonds is 2. The first kappa shape index (κ1) is 12.6. The molecule has 1 aromatic carbocycles. The Morgan fingerprint density at radius 2 is 2.17 bits per heavy atom. The summed E-state index contributed by atoms with van der Waals surface area (Å²) in [6.07, 6.45) is -0.0698. The number of nitrogens with one attached hydrogen (secondary N) is 1. The van der Waals surface area contributed by atoms with Crippen LogP contribution in [0.4, 0.5) is 10.5 Å². The van der Waals surface area contributed by atoms with Crippen molar-refractivity contribution in [2.45, 2.75) is 19.4 Å². The summed E-state index contributed by atoms with van der Waals surface area (Å²) in [6, 6.07) is 6.90. The van der Waals surface area contributed by atoms with Crippen molar-refractivity contribution in [3.05, 3.63) is 29.8 Å². The molecule has 1 fully saturated rings. The smallest absolute Gasteiger partial charge is 0.328 e. The van der Waals surface area contributed by atoms with E-state index in [1.54, 1.807) is 6.07 Å². The van der Waals surface area contributed by atoms with Crippen molar-refractivity contribution in [2.75, 3.05) is 18.6 Å². The SMILES string of the molecule is COC1CNC(=O)N(c2cccc(C)c2)C(=O)C1. The van der Waals surface area contributed by atoms with Gasteiger partial charge in [-0.25, -0.2) is 9.69 Å². The molecule has 5 nitrogen and oxygen atoms in total. The lowest BCUT2D eigenvalue weighted by atomic mass is 10.2. The van der Waals surface area contributed by atoms with Gasteiger partial charge in [0, 0.05) is 13.7 Å². The zero-order valence-corrected chi connectivity index (χ0v) is 10.5. The van der Waals surface area contributed by atoms with Gasteiger partial charge in [-0.15, -0.1) is 0 Å². The molecule has 1 unspecified atom stereocenters. The number of carbonyl (C=O) groups excluding carboxylic acids is 2. The highest BCUT2D eigenvalue weighted by molar-refractivity contribution is 6.14. The number of benzene rings is 1. The predicted octanol–water partition coefficient (Wildman–Crippen LogP) is 1.46. The van der Waals surface area contributed by atoms with Crippen LogP contribution in [0.15, 0.2) is 24.3 Å². The maximum atomic E-state index is 12.1. The van der Waals surface area contributed by atoms with E-state index in [4.69, 9.17) is 4.74 Å². The van der Waals surface area contributed by atoms with Crippen molar-refractivity contribution in [3.8, 4) is 0 Å². The number of hydrogen-bond acceptors (Lipinski definition) is 3. The van der Waals surface area contributed by atoms with Gasteiger partial charge >= 0.3 is 6.03 Å². The molecule has 1 aromatic rings. The molecule has 0 saturated carbocycles. The largest absolute Gasteiger partial charge is 0.379 e. The minimum absolute atomic E-state index is 0.198. The van der Waals surface area contributed by atoms with E-state index in [0.29, 0.717) is 12.2 Å². The topological polar surface area (TPSA) is 58.6 Å². The Morgan fingerprint density at radius 1 is 1.39 bits per heavy atom. The second-order valence-electron chi connectivity index (χ2n) is 4.32. The normalized spacial score (nSPS) is 20.6. The summed E-state index contributed by atoms with van der Waals surface area (Å²) in [6.45, 7) is 2.27. The summed E-state index contributed by atoms with van der Waals surface area (Å²) < 4.78 is 5.14. The molecule has 0 spiro atoms. The van der Waals surface area contributed by atoms with Gasteiger partial charge < -0.3 is 10.1 Å². The molecule has 1 aliphatic heterocycles. The van der Waals surface area contributed by atoms with Gasteiger partial charge in [0.1, 0.15) is 0 Å². The number of nitrogens with zero attached hydrogens (tertiary/aromatic N) is 1. The second-order valence-corrected chi connectivity index (χ2v) is 4.32. The minimum atomic E-state index is -0.398. The van der Waals surface area contributed by atoms with Crippen molar-refractivity contribution in [1.82, 2.24) is 5.32 Å². The number of imide groups is 1. The van der Waals surface area contributed by atoms with Gasteiger partial charge in [0.25, 0.3) is 0 Å². The first-order valence-corrected chi connectivity index (χ1v) is 5.82. The molecule has 96 valence electrons. The van der Waals surface area contributed by atoms with E-state index in [0.717, 1.165) is 5.56 Å². The lowest BCUT2D eigenvalue weighted by molar-refractivity contribution is -0.119. The lowest BCUT2D eigenvalue weighted by Gasteiger charge is -2.18. The molecular weight excluding hydrogens is 232 g/mol. The summed E-state index contributed by atoms with van der Waals surface area (Å²) in [7, 11) is 1.53. The molecule has 3 amide bonds. The lowest BCUT2D eigenvalue weighted by Crippen LogP contribution is -2.41. The molecule has 0 bridgehead atoms. The molecular formula is C13H16N2O3. The maximum absolute atomic E-state index is 12.1. The van der Waals surface area contributed by atoms with E-state index in [1.807, 2.05) is 25.1 Å². The third-order valence-electron chi connectivity index (χ3n) is 2.93. The number of methoxy groups -OCH3 is 1. The van der Waals surface area contributed by atoms with E-state index in [-0.39, 0.29) is 18.4 Å². The Hall–Kier alpha value is -1.88. The zero-order valence-electron chi connectivity index (χ0n) is 10.5. The molecule has 2 rings (SSSR count). The number of anilines is 1. The van der Waals surface area contributed by atoms with Crippen LogP contribution < -0.4 is 10.2 Å².